The van der Waals surface area contributed by atoms with Gasteiger partial charge in [0, 0.05) is 13.1 Å². The SMILES string of the molecule is CCCOc1c(Br)cc(CNCC(O)C(F)F)cc1OC. The maximum Gasteiger partial charge on any atom is 0.265 e. The van der Waals surface area contributed by atoms with Crippen molar-refractivity contribution in [2.75, 3.05) is 20.3 Å². The lowest BCUT2D eigenvalue weighted by molar-refractivity contribution is -0.00341. The number of aliphatic hydroxyl groups is 1. The fraction of sp³-hybridized carbons (Fsp3) is 0.571. The molecule has 1 atom stereocenters. The summed E-state index contributed by atoms with van der Waals surface area (Å²) >= 11 is 3.41. The summed E-state index contributed by atoms with van der Waals surface area (Å²) in [7, 11) is 1.54. The van der Waals surface area contributed by atoms with Crippen LogP contribution in [-0.2, 0) is 6.54 Å². The molecule has 4 nitrogen and oxygen atoms in total. The van der Waals surface area contributed by atoms with Crippen LogP contribution >= 0.6 is 15.9 Å². The van der Waals surface area contributed by atoms with E-state index in [0.29, 0.717) is 24.7 Å². The van der Waals surface area contributed by atoms with E-state index in [0.717, 1.165) is 16.5 Å². The quantitative estimate of drug-likeness (QED) is 0.704. The van der Waals surface area contributed by atoms with Crippen LogP contribution in [0.1, 0.15) is 18.9 Å². The molecule has 0 radical (unpaired) electrons. The van der Waals surface area contributed by atoms with E-state index in [2.05, 4.69) is 21.2 Å². The minimum atomic E-state index is -2.75. The topological polar surface area (TPSA) is 50.7 Å². The van der Waals surface area contributed by atoms with E-state index in [9.17, 15) is 8.78 Å². The van der Waals surface area contributed by atoms with Crippen molar-refractivity contribution in [1.82, 2.24) is 5.32 Å². The number of benzene rings is 1. The zero-order valence-electron chi connectivity index (χ0n) is 12.0. The number of halogens is 3. The van der Waals surface area contributed by atoms with Crippen molar-refractivity contribution in [3.05, 3.63) is 22.2 Å². The summed E-state index contributed by atoms with van der Waals surface area (Å²) in [5.41, 5.74) is 0.837. The van der Waals surface area contributed by atoms with Gasteiger partial charge in [-0.25, -0.2) is 8.78 Å². The Bertz CT molecular complexity index is 446. The molecule has 0 aromatic heterocycles. The van der Waals surface area contributed by atoms with E-state index in [1.165, 1.54) is 0 Å². The molecule has 1 aromatic rings. The van der Waals surface area contributed by atoms with Crippen LogP contribution in [0.25, 0.3) is 0 Å². The molecule has 0 spiro atoms. The first-order valence-electron chi connectivity index (χ1n) is 6.65. The Morgan fingerprint density at radius 3 is 2.67 bits per heavy atom. The van der Waals surface area contributed by atoms with Gasteiger partial charge in [-0.3, -0.25) is 0 Å². The molecule has 0 aliphatic rings. The van der Waals surface area contributed by atoms with Crippen LogP contribution < -0.4 is 14.8 Å². The van der Waals surface area contributed by atoms with Crippen molar-refractivity contribution in [2.24, 2.45) is 0 Å². The Balaban J connectivity index is 2.70. The molecule has 2 N–H and O–H groups in total. The van der Waals surface area contributed by atoms with Gasteiger partial charge < -0.3 is 19.9 Å². The maximum absolute atomic E-state index is 12.2. The monoisotopic (exact) mass is 367 g/mol. The minimum absolute atomic E-state index is 0.175. The van der Waals surface area contributed by atoms with Gasteiger partial charge in [-0.15, -0.1) is 0 Å². The van der Waals surface area contributed by atoms with Gasteiger partial charge in [0.1, 0.15) is 6.10 Å². The molecule has 1 rings (SSSR count). The van der Waals surface area contributed by atoms with Gasteiger partial charge in [0.2, 0.25) is 0 Å². The molecule has 0 fully saturated rings. The highest BCUT2D eigenvalue weighted by Crippen LogP contribution is 2.36. The molecular weight excluding hydrogens is 348 g/mol. The lowest BCUT2D eigenvalue weighted by Crippen LogP contribution is -2.31. The average Bonchev–Trinajstić information content (AvgIpc) is 2.45. The van der Waals surface area contributed by atoms with Gasteiger partial charge in [-0.1, -0.05) is 6.92 Å². The molecule has 0 amide bonds. The number of alkyl halides is 2. The van der Waals surface area contributed by atoms with Crippen molar-refractivity contribution < 1.29 is 23.4 Å². The van der Waals surface area contributed by atoms with Gasteiger partial charge in [-0.05, 0) is 40.0 Å². The number of ether oxygens (including phenoxy) is 2. The van der Waals surface area contributed by atoms with Gasteiger partial charge in [0.15, 0.2) is 11.5 Å². The smallest absolute Gasteiger partial charge is 0.265 e. The van der Waals surface area contributed by atoms with Crippen molar-refractivity contribution >= 4 is 15.9 Å². The summed E-state index contributed by atoms with van der Waals surface area (Å²) in [6.07, 6.45) is -3.53. The molecule has 120 valence electrons. The molecular formula is C14H20BrF2NO3. The lowest BCUT2D eigenvalue weighted by atomic mass is 10.2. The summed E-state index contributed by atoms with van der Waals surface area (Å²) in [6, 6.07) is 3.60. The zero-order valence-corrected chi connectivity index (χ0v) is 13.6. The van der Waals surface area contributed by atoms with Crippen LogP contribution in [0.4, 0.5) is 8.78 Å². The van der Waals surface area contributed by atoms with Gasteiger partial charge in [0.25, 0.3) is 6.43 Å². The molecule has 0 saturated carbocycles. The lowest BCUT2D eigenvalue weighted by Gasteiger charge is -2.15. The summed E-state index contributed by atoms with van der Waals surface area (Å²) in [4.78, 5) is 0. The van der Waals surface area contributed by atoms with E-state index in [-0.39, 0.29) is 6.54 Å². The van der Waals surface area contributed by atoms with Crippen molar-refractivity contribution in [3.8, 4) is 11.5 Å². The standard InChI is InChI=1S/C14H20BrF2NO3/c1-3-4-21-13-10(15)5-9(6-12(13)20-2)7-18-8-11(19)14(16)17/h5-6,11,14,18-19H,3-4,7-8H2,1-2H3. The second-order valence-corrected chi connectivity index (χ2v) is 5.34. The number of nitrogens with one attached hydrogen (secondary N) is 1. The van der Waals surface area contributed by atoms with Crippen LogP contribution in [0.5, 0.6) is 11.5 Å². The minimum Gasteiger partial charge on any atom is -0.493 e. The third-order valence-electron chi connectivity index (χ3n) is 2.71. The maximum atomic E-state index is 12.2. The summed E-state index contributed by atoms with van der Waals surface area (Å²) < 4.78 is 36.0. The van der Waals surface area contributed by atoms with E-state index in [1.807, 2.05) is 13.0 Å². The molecule has 0 aliphatic heterocycles. The third-order valence-corrected chi connectivity index (χ3v) is 3.30. The second-order valence-electron chi connectivity index (χ2n) is 4.49. The molecule has 7 heteroatoms. The molecule has 0 aliphatic carbocycles. The molecule has 1 unspecified atom stereocenters. The first-order chi connectivity index (χ1) is 9.99. The van der Waals surface area contributed by atoms with Gasteiger partial charge in [-0.2, -0.15) is 0 Å². The van der Waals surface area contributed by atoms with Crippen LogP contribution in [0.3, 0.4) is 0 Å². The predicted octanol–water partition coefficient (Wildman–Crippen LogP) is 2.96. The Morgan fingerprint density at radius 1 is 1.38 bits per heavy atom. The van der Waals surface area contributed by atoms with E-state index in [4.69, 9.17) is 14.6 Å². The van der Waals surface area contributed by atoms with Gasteiger partial charge >= 0.3 is 0 Å². The Kier molecular flexibility index (Phi) is 7.92. The van der Waals surface area contributed by atoms with E-state index >= 15 is 0 Å². The van der Waals surface area contributed by atoms with Crippen molar-refractivity contribution in [2.45, 2.75) is 32.4 Å². The molecule has 0 heterocycles. The Hall–Kier alpha value is -0.920. The Labute approximate surface area is 131 Å². The first-order valence-corrected chi connectivity index (χ1v) is 7.45. The largest absolute Gasteiger partial charge is 0.493 e. The third kappa shape index (κ3) is 5.76. The number of rotatable bonds is 9. The Morgan fingerprint density at radius 2 is 2.10 bits per heavy atom. The van der Waals surface area contributed by atoms with Crippen LogP contribution in [-0.4, -0.2) is 37.9 Å². The molecule has 0 saturated heterocycles. The fourth-order valence-corrected chi connectivity index (χ4v) is 2.28. The molecule has 21 heavy (non-hydrogen) atoms. The predicted molar refractivity (Wildman–Crippen MR) is 80.2 cm³/mol. The van der Waals surface area contributed by atoms with Crippen LogP contribution in [0.2, 0.25) is 0 Å². The zero-order chi connectivity index (χ0) is 15.8. The van der Waals surface area contributed by atoms with Crippen molar-refractivity contribution in [1.29, 1.82) is 0 Å². The second kappa shape index (κ2) is 9.17. The summed E-state index contributed by atoms with van der Waals surface area (Å²) in [5.74, 6) is 1.19. The normalized spacial score (nSPS) is 12.5. The average molecular weight is 368 g/mol. The van der Waals surface area contributed by atoms with Gasteiger partial charge in [0.05, 0.1) is 18.2 Å². The first kappa shape index (κ1) is 18.1. The van der Waals surface area contributed by atoms with Crippen LogP contribution in [0.15, 0.2) is 16.6 Å². The molecule has 1 aromatic carbocycles. The van der Waals surface area contributed by atoms with Crippen molar-refractivity contribution in [3.63, 3.8) is 0 Å². The highest BCUT2D eigenvalue weighted by atomic mass is 79.9. The highest BCUT2D eigenvalue weighted by molar-refractivity contribution is 9.10. The van der Waals surface area contributed by atoms with Crippen LogP contribution in [0, 0.1) is 0 Å². The number of hydrogen-bond donors (Lipinski definition) is 2. The molecule has 0 bridgehead atoms. The van der Waals surface area contributed by atoms with E-state index in [1.54, 1.807) is 13.2 Å². The summed E-state index contributed by atoms with van der Waals surface area (Å²) in [6.45, 7) is 2.75. The number of methoxy groups -OCH3 is 1. The number of hydrogen-bond acceptors (Lipinski definition) is 4. The number of aliphatic hydroxyl groups excluding tert-OH is 1. The van der Waals surface area contributed by atoms with E-state index < -0.39 is 12.5 Å². The summed E-state index contributed by atoms with van der Waals surface area (Å²) in [5, 5.41) is 11.8. The highest BCUT2D eigenvalue weighted by Gasteiger charge is 2.16. The fourth-order valence-electron chi connectivity index (χ4n) is 1.67.